The molecule has 2 aromatic carbocycles. The molecule has 0 aliphatic carbocycles. The summed E-state index contributed by atoms with van der Waals surface area (Å²) in [5.74, 6) is -0.839. The second-order valence-corrected chi connectivity index (χ2v) is 6.00. The van der Waals surface area contributed by atoms with E-state index in [9.17, 15) is 15.0 Å². The standard InChI is InChI=1S/C19H19N3O3/c1-12(2)22-15-11-7-6-10-14(15)16(19(22)25)20-21-18(24)17(23)13-8-4-3-5-9-13/h3-12,17,23,25H,1-2H3/t17-/m0/s1. The van der Waals surface area contributed by atoms with Gasteiger partial charge in [-0.2, -0.15) is 0 Å². The van der Waals surface area contributed by atoms with Crippen molar-refractivity contribution in [2.24, 2.45) is 10.2 Å². The first-order chi connectivity index (χ1) is 12.0. The van der Waals surface area contributed by atoms with E-state index in [1.807, 2.05) is 32.0 Å². The third-order valence-corrected chi connectivity index (χ3v) is 3.97. The van der Waals surface area contributed by atoms with Gasteiger partial charge in [0.25, 0.3) is 5.91 Å². The molecule has 6 heteroatoms. The predicted octanol–water partition coefficient (Wildman–Crippen LogP) is 4.27. The molecule has 2 N–H and O–H groups in total. The lowest BCUT2D eigenvalue weighted by Crippen LogP contribution is -2.08. The van der Waals surface area contributed by atoms with E-state index in [1.54, 1.807) is 41.0 Å². The zero-order valence-corrected chi connectivity index (χ0v) is 14.0. The van der Waals surface area contributed by atoms with Crippen LogP contribution in [0.2, 0.25) is 0 Å². The summed E-state index contributed by atoms with van der Waals surface area (Å²) in [5.41, 5.74) is 1.47. The number of aromatic nitrogens is 1. The number of carbonyl (C=O) groups excluding carboxylic acids is 1. The Hall–Kier alpha value is -2.99. The third kappa shape index (κ3) is 3.16. The summed E-state index contributed by atoms with van der Waals surface area (Å²) in [6.07, 6.45) is -1.38. The number of hydrogen-bond donors (Lipinski definition) is 2. The number of carbonyl (C=O) groups is 1. The van der Waals surface area contributed by atoms with Crippen LogP contribution >= 0.6 is 0 Å². The van der Waals surface area contributed by atoms with Crippen molar-refractivity contribution in [2.75, 3.05) is 0 Å². The topological polar surface area (TPSA) is 87.2 Å². The van der Waals surface area contributed by atoms with Crippen molar-refractivity contribution in [3.8, 4) is 5.88 Å². The van der Waals surface area contributed by atoms with Gasteiger partial charge in [-0.05, 0) is 25.5 Å². The summed E-state index contributed by atoms with van der Waals surface area (Å²) in [5, 5.41) is 28.8. The van der Waals surface area contributed by atoms with Crippen molar-refractivity contribution in [1.82, 2.24) is 4.57 Å². The summed E-state index contributed by atoms with van der Waals surface area (Å²) in [7, 11) is 0. The van der Waals surface area contributed by atoms with Crippen molar-refractivity contribution in [2.45, 2.75) is 26.0 Å². The largest absolute Gasteiger partial charge is 0.493 e. The van der Waals surface area contributed by atoms with Crippen LogP contribution in [0.25, 0.3) is 10.9 Å². The van der Waals surface area contributed by atoms with Crippen LogP contribution in [-0.4, -0.2) is 20.7 Å². The molecule has 1 heterocycles. The van der Waals surface area contributed by atoms with Crippen LogP contribution in [0.4, 0.5) is 5.69 Å². The second kappa shape index (κ2) is 6.86. The van der Waals surface area contributed by atoms with Gasteiger partial charge in [-0.3, -0.25) is 4.79 Å². The molecular formula is C19H19N3O3. The highest BCUT2D eigenvalue weighted by molar-refractivity contribution is 5.95. The van der Waals surface area contributed by atoms with Gasteiger partial charge >= 0.3 is 0 Å². The molecule has 0 unspecified atom stereocenters. The molecule has 0 aliphatic heterocycles. The highest BCUT2D eigenvalue weighted by atomic mass is 16.3. The lowest BCUT2D eigenvalue weighted by atomic mass is 10.1. The number of benzene rings is 2. The van der Waals surface area contributed by atoms with Crippen molar-refractivity contribution < 1.29 is 15.0 Å². The summed E-state index contributed by atoms with van der Waals surface area (Å²) in [6.45, 7) is 3.88. The van der Waals surface area contributed by atoms with Crippen molar-refractivity contribution in [1.29, 1.82) is 0 Å². The maximum absolute atomic E-state index is 12.1. The van der Waals surface area contributed by atoms with E-state index in [2.05, 4.69) is 10.2 Å². The third-order valence-electron chi connectivity index (χ3n) is 3.97. The maximum Gasteiger partial charge on any atom is 0.297 e. The number of hydrogen-bond acceptors (Lipinski definition) is 4. The molecule has 1 aromatic heterocycles. The Balaban J connectivity index is 1.96. The molecule has 0 spiro atoms. The van der Waals surface area contributed by atoms with Gasteiger partial charge in [0.05, 0.1) is 5.52 Å². The maximum atomic E-state index is 12.1. The molecule has 0 radical (unpaired) electrons. The average molecular weight is 337 g/mol. The highest BCUT2D eigenvalue weighted by Gasteiger charge is 2.20. The smallest absolute Gasteiger partial charge is 0.297 e. The fourth-order valence-corrected chi connectivity index (χ4v) is 2.79. The molecule has 3 rings (SSSR count). The summed E-state index contributed by atoms with van der Waals surface area (Å²) >= 11 is 0. The summed E-state index contributed by atoms with van der Waals surface area (Å²) < 4.78 is 1.72. The van der Waals surface area contributed by atoms with Gasteiger partial charge in [0, 0.05) is 11.4 Å². The second-order valence-electron chi connectivity index (χ2n) is 6.00. The number of para-hydroxylation sites is 1. The number of rotatable bonds is 4. The predicted molar refractivity (Wildman–Crippen MR) is 94.9 cm³/mol. The molecule has 0 bridgehead atoms. The van der Waals surface area contributed by atoms with Crippen LogP contribution in [0.15, 0.2) is 64.8 Å². The quantitative estimate of drug-likeness (QED) is 0.697. The Bertz CT molecular complexity index is 930. The van der Waals surface area contributed by atoms with E-state index >= 15 is 0 Å². The van der Waals surface area contributed by atoms with Crippen LogP contribution in [0.1, 0.15) is 31.6 Å². The van der Waals surface area contributed by atoms with Crippen LogP contribution in [-0.2, 0) is 4.79 Å². The Morgan fingerprint density at radius 2 is 1.68 bits per heavy atom. The Kier molecular flexibility index (Phi) is 4.63. The van der Waals surface area contributed by atoms with E-state index in [4.69, 9.17) is 0 Å². The number of amides is 1. The Morgan fingerprint density at radius 1 is 1.04 bits per heavy atom. The lowest BCUT2D eigenvalue weighted by molar-refractivity contribution is -0.126. The number of nitrogens with zero attached hydrogens (tertiary/aromatic N) is 3. The molecule has 0 aliphatic rings. The molecule has 0 fully saturated rings. The van der Waals surface area contributed by atoms with E-state index in [-0.39, 0.29) is 17.6 Å². The lowest BCUT2D eigenvalue weighted by Gasteiger charge is -2.10. The van der Waals surface area contributed by atoms with Gasteiger partial charge in [0.2, 0.25) is 5.88 Å². The monoisotopic (exact) mass is 337 g/mol. The zero-order valence-electron chi connectivity index (χ0n) is 14.0. The Labute approximate surface area is 145 Å². The number of aliphatic hydroxyl groups excluding tert-OH is 1. The molecule has 25 heavy (non-hydrogen) atoms. The van der Waals surface area contributed by atoms with Crippen molar-refractivity contribution in [3.63, 3.8) is 0 Å². The number of aliphatic hydroxyl groups is 1. The van der Waals surface area contributed by atoms with Crippen LogP contribution in [0.3, 0.4) is 0 Å². The molecule has 0 saturated carbocycles. The molecule has 1 amide bonds. The minimum Gasteiger partial charge on any atom is -0.493 e. The number of fused-ring (bicyclic) bond motifs is 1. The molecule has 3 aromatic rings. The normalized spacial score (nSPS) is 13.0. The van der Waals surface area contributed by atoms with Gasteiger partial charge in [-0.1, -0.05) is 48.5 Å². The van der Waals surface area contributed by atoms with Crippen LogP contribution in [0, 0.1) is 0 Å². The number of aromatic hydroxyl groups is 1. The molecule has 6 nitrogen and oxygen atoms in total. The van der Waals surface area contributed by atoms with Crippen molar-refractivity contribution in [3.05, 3.63) is 60.2 Å². The minimum absolute atomic E-state index is 0.0134. The molecular weight excluding hydrogens is 318 g/mol. The highest BCUT2D eigenvalue weighted by Crippen LogP contribution is 2.40. The van der Waals surface area contributed by atoms with E-state index in [0.717, 1.165) is 5.52 Å². The Morgan fingerprint density at radius 3 is 2.36 bits per heavy atom. The van der Waals surface area contributed by atoms with E-state index in [1.165, 1.54) is 0 Å². The SMILES string of the molecule is CC(C)n1c(O)c(N=NC(=O)[C@@H](O)c2ccccc2)c2ccccc21. The summed E-state index contributed by atoms with van der Waals surface area (Å²) in [4.78, 5) is 12.1. The number of azo groups is 1. The van der Waals surface area contributed by atoms with Gasteiger partial charge in [0.15, 0.2) is 11.8 Å². The van der Waals surface area contributed by atoms with Crippen LogP contribution in [0.5, 0.6) is 5.88 Å². The zero-order chi connectivity index (χ0) is 18.0. The molecule has 0 saturated heterocycles. The molecule has 1 atom stereocenters. The molecule has 128 valence electrons. The van der Waals surface area contributed by atoms with Gasteiger partial charge in [0.1, 0.15) is 0 Å². The van der Waals surface area contributed by atoms with Gasteiger partial charge in [-0.15, -0.1) is 10.2 Å². The average Bonchev–Trinajstić information content (AvgIpc) is 2.91. The van der Waals surface area contributed by atoms with E-state index in [0.29, 0.717) is 10.9 Å². The van der Waals surface area contributed by atoms with Crippen LogP contribution < -0.4 is 0 Å². The van der Waals surface area contributed by atoms with Gasteiger partial charge < -0.3 is 14.8 Å². The first-order valence-electron chi connectivity index (χ1n) is 8.01. The fraction of sp³-hybridized carbons (Fsp3) is 0.211. The summed E-state index contributed by atoms with van der Waals surface area (Å²) in [6, 6.07) is 15.9. The van der Waals surface area contributed by atoms with E-state index < -0.39 is 12.0 Å². The first-order valence-corrected chi connectivity index (χ1v) is 8.01. The first kappa shape index (κ1) is 16.9. The minimum atomic E-state index is -1.38. The van der Waals surface area contributed by atoms with Gasteiger partial charge in [-0.25, -0.2) is 0 Å². The van der Waals surface area contributed by atoms with Crippen molar-refractivity contribution >= 4 is 22.5 Å². The fourth-order valence-electron chi connectivity index (χ4n) is 2.79.